The standard InChI is InChI=1S/C31H19NO/c33-31-27-16-6-4-13-23(27)24-14-7-8-18-28(24)32(31)29-19-9-17-26-22-11-2-1-10-20(22)21-12-3-5-15-25(21)30(26)29/h1-19H. The van der Waals surface area contributed by atoms with E-state index in [0.29, 0.717) is 0 Å². The lowest BCUT2D eigenvalue weighted by Crippen LogP contribution is -2.19. The van der Waals surface area contributed by atoms with E-state index >= 15 is 0 Å². The summed E-state index contributed by atoms with van der Waals surface area (Å²) in [4.78, 5) is 13.9. The minimum absolute atomic E-state index is 0.00837. The van der Waals surface area contributed by atoms with Crippen LogP contribution in [0.15, 0.2) is 120 Å². The molecule has 0 aliphatic heterocycles. The van der Waals surface area contributed by atoms with Gasteiger partial charge in [0.15, 0.2) is 0 Å². The number of benzene rings is 6. The van der Waals surface area contributed by atoms with Crippen LogP contribution < -0.4 is 5.56 Å². The maximum Gasteiger partial charge on any atom is 0.263 e. The highest BCUT2D eigenvalue weighted by Crippen LogP contribution is 2.38. The van der Waals surface area contributed by atoms with Gasteiger partial charge in [0.05, 0.1) is 11.2 Å². The van der Waals surface area contributed by atoms with Crippen molar-refractivity contribution < 1.29 is 0 Å². The molecule has 33 heavy (non-hydrogen) atoms. The molecule has 1 aromatic heterocycles. The lowest BCUT2D eigenvalue weighted by atomic mass is 9.93. The Balaban J connectivity index is 1.78. The van der Waals surface area contributed by atoms with E-state index in [4.69, 9.17) is 0 Å². The minimum Gasteiger partial charge on any atom is -0.276 e. The Morgan fingerprint density at radius 2 is 0.818 bits per heavy atom. The SMILES string of the molecule is O=c1c2ccccc2c2ccccc2n1-c1cccc2c3ccccc3c3ccccc3c12. The Kier molecular flexibility index (Phi) is 3.73. The molecule has 0 fully saturated rings. The summed E-state index contributed by atoms with van der Waals surface area (Å²) in [5.41, 5.74) is 1.85. The Labute approximate surface area is 189 Å². The molecule has 0 unspecified atom stereocenters. The van der Waals surface area contributed by atoms with E-state index < -0.39 is 0 Å². The maximum absolute atomic E-state index is 13.9. The number of nitrogens with zero attached hydrogens (tertiary/aromatic N) is 1. The molecule has 0 bridgehead atoms. The predicted molar refractivity (Wildman–Crippen MR) is 140 cm³/mol. The van der Waals surface area contributed by atoms with E-state index in [1.165, 1.54) is 16.2 Å². The van der Waals surface area contributed by atoms with Crippen LogP contribution in [0.2, 0.25) is 0 Å². The van der Waals surface area contributed by atoms with Crippen LogP contribution in [0.4, 0.5) is 0 Å². The molecule has 0 N–H and O–H groups in total. The van der Waals surface area contributed by atoms with E-state index in [-0.39, 0.29) is 5.56 Å². The Bertz CT molecular complexity index is 1900. The predicted octanol–water partition coefficient (Wildman–Crippen LogP) is 7.60. The molecular weight excluding hydrogens is 402 g/mol. The Morgan fingerprint density at radius 1 is 0.394 bits per heavy atom. The quantitative estimate of drug-likeness (QED) is 0.250. The van der Waals surface area contributed by atoms with Gasteiger partial charge in [-0.25, -0.2) is 0 Å². The fraction of sp³-hybridized carbons (Fsp3) is 0. The molecule has 2 heteroatoms. The molecule has 0 radical (unpaired) electrons. The number of hydrogen-bond acceptors (Lipinski definition) is 1. The second-order valence-electron chi connectivity index (χ2n) is 8.49. The average Bonchev–Trinajstić information content (AvgIpc) is 2.89. The number of aromatic nitrogens is 1. The van der Waals surface area contributed by atoms with E-state index in [1.807, 2.05) is 47.0 Å². The van der Waals surface area contributed by atoms with Crippen molar-refractivity contribution >= 4 is 54.0 Å². The smallest absolute Gasteiger partial charge is 0.263 e. The van der Waals surface area contributed by atoms with Gasteiger partial charge in [-0.3, -0.25) is 9.36 Å². The molecule has 0 spiro atoms. The van der Waals surface area contributed by atoms with Crippen LogP contribution >= 0.6 is 0 Å². The molecule has 1 heterocycles. The molecule has 0 aliphatic rings. The van der Waals surface area contributed by atoms with Crippen molar-refractivity contribution in [1.29, 1.82) is 0 Å². The highest BCUT2D eigenvalue weighted by Gasteiger charge is 2.16. The van der Waals surface area contributed by atoms with E-state index in [1.54, 1.807) is 0 Å². The van der Waals surface area contributed by atoms with Crippen molar-refractivity contribution in [2.75, 3.05) is 0 Å². The number of pyridine rings is 1. The molecule has 2 nitrogen and oxygen atoms in total. The van der Waals surface area contributed by atoms with Gasteiger partial charge in [0.25, 0.3) is 5.56 Å². The van der Waals surface area contributed by atoms with Crippen LogP contribution in [0, 0.1) is 0 Å². The first-order valence-electron chi connectivity index (χ1n) is 11.2. The van der Waals surface area contributed by atoms with Crippen LogP contribution in [-0.2, 0) is 0 Å². The summed E-state index contributed by atoms with van der Waals surface area (Å²) in [6, 6.07) is 39.4. The molecule has 0 atom stereocenters. The largest absolute Gasteiger partial charge is 0.276 e. The zero-order valence-corrected chi connectivity index (χ0v) is 17.8. The van der Waals surface area contributed by atoms with Gasteiger partial charge in [-0.1, -0.05) is 97.1 Å². The normalized spacial score (nSPS) is 11.8. The van der Waals surface area contributed by atoms with E-state index in [9.17, 15) is 4.79 Å². The fourth-order valence-electron chi connectivity index (χ4n) is 5.39. The first kappa shape index (κ1) is 18.2. The third-order valence-electron chi connectivity index (χ3n) is 6.78. The molecule has 6 aromatic carbocycles. The van der Waals surface area contributed by atoms with Crippen molar-refractivity contribution in [3.63, 3.8) is 0 Å². The van der Waals surface area contributed by atoms with E-state index in [0.717, 1.165) is 43.5 Å². The summed E-state index contributed by atoms with van der Waals surface area (Å²) < 4.78 is 1.90. The van der Waals surface area contributed by atoms with Crippen LogP contribution in [0.25, 0.3) is 59.7 Å². The first-order chi connectivity index (χ1) is 16.3. The Hall–Kier alpha value is -4.43. The summed E-state index contributed by atoms with van der Waals surface area (Å²) in [5, 5.41) is 9.86. The van der Waals surface area contributed by atoms with Gasteiger partial charge in [-0.05, 0) is 50.5 Å². The molecule has 0 saturated carbocycles. The van der Waals surface area contributed by atoms with Gasteiger partial charge in [0, 0.05) is 16.2 Å². The maximum atomic E-state index is 13.9. The molecule has 154 valence electrons. The summed E-state index contributed by atoms with van der Waals surface area (Å²) in [5.74, 6) is 0. The number of rotatable bonds is 1. The zero-order valence-electron chi connectivity index (χ0n) is 17.8. The molecule has 0 aliphatic carbocycles. The van der Waals surface area contributed by atoms with Crippen molar-refractivity contribution in [2.45, 2.75) is 0 Å². The Morgan fingerprint density at radius 3 is 1.45 bits per heavy atom. The zero-order chi connectivity index (χ0) is 21.9. The summed E-state index contributed by atoms with van der Waals surface area (Å²) >= 11 is 0. The molecule has 7 aromatic rings. The highest BCUT2D eigenvalue weighted by atomic mass is 16.1. The molecule has 0 saturated heterocycles. The summed E-state index contributed by atoms with van der Waals surface area (Å²) in [6.07, 6.45) is 0. The van der Waals surface area contributed by atoms with Gasteiger partial charge in [0.1, 0.15) is 0 Å². The fourth-order valence-corrected chi connectivity index (χ4v) is 5.39. The lowest BCUT2D eigenvalue weighted by molar-refractivity contribution is 1.07. The van der Waals surface area contributed by atoms with Gasteiger partial charge in [-0.15, -0.1) is 0 Å². The summed E-state index contributed by atoms with van der Waals surface area (Å²) in [6.45, 7) is 0. The molecule has 7 rings (SSSR count). The van der Waals surface area contributed by atoms with Crippen LogP contribution in [0.1, 0.15) is 0 Å². The highest BCUT2D eigenvalue weighted by molar-refractivity contribution is 6.27. The number of hydrogen-bond donors (Lipinski definition) is 0. The first-order valence-corrected chi connectivity index (χ1v) is 11.2. The van der Waals surface area contributed by atoms with Gasteiger partial charge < -0.3 is 0 Å². The molecular formula is C31H19NO. The van der Waals surface area contributed by atoms with Crippen molar-refractivity contribution in [3.8, 4) is 5.69 Å². The third kappa shape index (κ3) is 2.46. The topological polar surface area (TPSA) is 22.0 Å². The van der Waals surface area contributed by atoms with Crippen LogP contribution in [-0.4, -0.2) is 4.57 Å². The lowest BCUT2D eigenvalue weighted by Gasteiger charge is -2.18. The van der Waals surface area contributed by atoms with Gasteiger partial charge in [0.2, 0.25) is 0 Å². The summed E-state index contributed by atoms with van der Waals surface area (Å²) in [7, 11) is 0. The average molecular weight is 421 g/mol. The molecule has 0 amide bonds. The second-order valence-corrected chi connectivity index (χ2v) is 8.49. The van der Waals surface area contributed by atoms with Gasteiger partial charge >= 0.3 is 0 Å². The second kappa shape index (κ2) is 6.78. The number of fused-ring (bicyclic) bond motifs is 9. The van der Waals surface area contributed by atoms with Gasteiger partial charge in [-0.2, -0.15) is 0 Å². The van der Waals surface area contributed by atoms with Crippen molar-refractivity contribution in [1.82, 2.24) is 4.57 Å². The van der Waals surface area contributed by atoms with Crippen LogP contribution in [0.3, 0.4) is 0 Å². The van der Waals surface area contributed by atoms with E-state index in [2.05, 4.69) is 72.8 Å². The van der Waals surface area contributed by atoms with Crippen LogP contribution in [0.5, 0.6) is 0 Å². The van der Waals surface area contributed by atoms with Crippen molar-refractivity contribution in [3.05, 3.63) is 126 Å². The third-order valence-corrected chi connectivity index (χ3v) is 6.78. The number of para-hydroxylation sites is 1. The van der Waals surface area contributed by atoms with Crippen molar-refractivity contribution in [2.24, 2.45) is 0 Å². The minimum atomic E-state index is 0.00837. The monoisotopic (exact) mass is 421 g/mol.